The molecular formula is C26H24ClF5N6O. The van der Waals surface area contributed by atoms with Crippen LogP contribution in [0.15, 0.2) is 30.3 Å². The van der Waals surface area contributed by atoms with Gasteiger partial charge in [0, 0.05) is 55.3 Å². The first-order valence-corrected chi connectivity index (χ1v) is 13.0. The minimum atomic E-state index is -4.35. The number of hydrogen-bond donors (Lipinski definition) is 0. The molecule has 0 unspecified atom stereocenters. The monoisotopic (exact) mass is 566 g/mol. The van der Waals surface area contributed by atoms with Crippen LogP contribution in [-0.2, 0) is 13.1 Å². The zero-order chi connectivity index (χ0) is 27.3. The normalized spacial score (nSPS) is 21.1. The predicted octanol–water partition coefficient (Wildman–Crippen LogP) is 4.94. The molecular weight excluding hydrogens is 543 g/mol. The van der Waals surface area contributed by atoms with Crippen LogP contribution in [0.25, 0.3) is 5.69 Å². The standard InChI is InChI=1S/C26H24ClF5N6O/c1-39-21-8-20(17(28)7-18(21)29)35-11-24(12-35)13-36(14-24)23-34-33-22-10-37(25(4-5-25)26(30,31)32)9-15-6-16(27)2-3-19(15)38(22)23/h2-3,6-8H,4-5,9-14H2,1H3. The minimum absolute atomic E-state index is 0.0112. The number of methoxy groups -OCH3 is 1. The number of aromatic nitrogens is 3. The Morgan fingerprint density at radius 3 is 2.28 bits per heavy atom. The molecule has 0 amide bonds. The van der Waals surface area contributed by atoms with E-state index in [1.807, 2.05) is 14.4 Å². The first-order chi connectivity index (χ1) is 18.5. The third-order valence-electron chi connectivity index (χ3n) is 8.50. The molecule has 7 nitrogen and oxygen atoms in total. The van der Waals surface area contributed by atoms with E-state index in [-0.39, 0.29) is 37.1 Å². The number of hydrogen-bond acceptors (Lipinski definition) is 6. The molecule has 7 rings (SSSR count). The maximum atomic E-state index is 14.4. The maximum absolute atomic E-state index is 14.4. The molecule has 1 aromatic heterocycles. The van der Waals surface area contributed by atoms with Gasteiger partial charge in [-0.2, -0.15) is 13.2 Å². The van der Waals surface area contributed by atoms with Crippen LogP contribution >= 0.6 is 11.6 Å². The molecule has 3 aliphatic heterocycles. The molecule has 1 aliphatic carbocycles. The largest absolute Gasteiger partial charge is 0.494 e. The number of alkyl halides is 3. The summed E-state index contributed by atoms with van der Waals surface area (Å²) in [5.41, 5.74) is -0.273. The van der Waals surface area contributed by atoms with Crippen LogP contribution in [-0.4, -0.2) is 64.7 Å². The molecule has 2 aromatic carbocycles. The van der Waals surface area contributed by atoms with Gasteiger partial charge in [0.1, 0.15) is 11.4 Å². The van der Waals surface area contributed by atoms with Crippen LogP contribution in [0.5, 0.6) is 5.75 Å². The Balaban J connectivity index is 1.14. The fourth-order valence-corrected chi connectivity index (χ4v) is 6.54. The van der Waals surface area contributed by atoms with Gasteiger partial charge in [-0.3, -0.25) is 9.47 Å². The lowest BCUT2D eigenvalue weighted by atomic mass is 9.72. The average Bonchev–Trinajstić information content (AvgIpc) is 3.58. The number of anilines is 2. The summed E-state index contributed by atoms with van der Waals surface area (Å²) in [4.78, 5) is 5.34. The summed E-state index contributed by atoms with van der Waals surface area (Å²) in [6.07, 6.45) is -4.24. The van der Waals surface area contributed by atoms with Crippen molar-refractivity contribution in [2.45, 2.75) is 37.6 Å². The molecule has 13 heteroatoms. The van der Waals surface area contributed by atoms with Crippen molar-refractivity contribution in [2.24, 2.45) is 5.41 Å². The lowest BCUT2D eigenvalue weighted by Crippen LogP contribution is -2.73. The lowest BCUT2D eigenvalue weighted by molar-refractivity contribution is -0.200. The lowest BCUT2D eigenvalue weighted by Gasteiger charge is -2.61. The van der Waals surface area contributed by atoms with Crippen LogP contribution in [0.2, 0.25) is 5.02 Å². The number of benzene rings is 2. The van der Waals surface area contributed by atoms with Crippen molar-refractivity contribution in [3.05, 3.63) is 58.4 Å². The Morgan fingerprint density at radius 2 is 1.62 bits per heavy atom. The van der Waals surface area contributed by atoms with E-state index in [2.05, 4.69) is 10.2 Å². The Kier molecular flexibility index (Phi) is 5.23. The second-order valence-corrected chi connectivity index (χ2v) is 11.5. The fourth-order valence-electron chi connectivity index (χ4n) is 6.35. The molecule has 39 heavy (non-hydrogen) atoms. The number of fused-ring (bicyclic) bond motifs is 3. The minimum Gasteiger partial charge on any atom is -0.494 e. The second kappa shape index (κ2) is 8.20. The van der Waals surface area contributed by atoms with E-state index in [4.69, 9.17) is 16.3 Å². The van der Waals surface area contributed by atoms with Crippen molar-refractivity contribution in [1.29, 1.82) is 0 Å². The first-order valence-electron chi connectivity index (χ1n) is 12.6. The topological polar surface area (TPSA) is 49.7 Å². The van der Waals surface area contributed by atoms with Crippen LogP contribution in [0.1, 0.15) is 24.2 Å². The van der Waals surface area contributed by atoms with Crippen molar-refractivity contribution in [2.75, 3.05) is 43.1 Å². The summed E-state index contributed by atoms with van der Waals surface area (Å²) < 4.78 is 77.2. The Hall–Kier alpha value is -3.12. The Bertz CT molecular complexity index is 1470. The van der Waals surface area contributed by atoms with E-state index < -0.39 is 23.3 Å². The number of rotatable bonds is 4. The molecule has 206 valence electrons. The van der Waals surface area contributed by atoms with Gasteiger partial charge in [-0.15, -0.1) is 10.2 Å². The van der Waals surface area contributed by atoms with Gasteiger partial charge in [0.05, 0.1) is 25.0 Å². The molecule has 1 saturated carbocycles. The highest BCUT2D eigenvalue weighted by Crippen LogP contribution is 2.55. The molecule has 0 bridgehead atoms. The van der Waals surface area contributed by atoms with Gasteiger partial charge in [0.25, 0.3) is 0 Å². The van der Waals surface area contributed by atoms with Gasteiger partial charge >= 0.3 is 6.18 Å². The van der Waals surface area contributed by atoms with Crippen molar-refractivity contribution >= 4 is 23.2 Å². The molecule has 2 saturated heterocycles. The number of nitrogens with zero attached hydrogens (tertiary/aromatic N) is 6. The third kappa shape index (κ3) is 3.71. The van der Waals surface area contributed by atoms with Crippen molar-refractivity contribution < 1.29 is 26.7 Å². The van der Waals surface area contributed by atoms with E-state index in [1.165, 1.54) is 18.1 Å². The highest BCUT2D eigenvalue weighted by atomic mass is 35.5. The maximum Gasteiger partial charge on any atom is 0.406 e. The van der Waals surface area contributed by atoms with E-state index in [0.29, 0.717) is 59.9 Å². The summed E-state index contributed by atoms with van der Waals surface area (Å²) in [7, 11) is 1.34. The van der Waals surface area contributed by atoms with Crippen molar-refractivity contribution in [1.82, 2.24) is 19.7 Å². The Labute approximate surface area is 225 Å². The van der Waals surface area contributed by atoms with Gasteiger partial charge in [-0.05, 0) is 36.6 Å². The zero-order valence-electron chi connectivity index (χ0n) is 20.9. The summed E-state index contributed by atoms with van der Waals surface area (Å²) >= 11 is 6.25. The van der Waals surface area contributed by atoms with Gasteiger partial charge in [-0.25, -0.2) is 8.78 Å². The summed E-state index contributed by atoms with van der Waals surface area (Å²) in [6.45, 7) is 2.51. The molecule has 3 fully saturated rings. The molecule has 1 spiro atoms. The predicted molar refractivity (Wildman–Crippen MR) is 133 cm³/mol. The van der Waals surface area contributed by atoms with E-state index in [1.54, 1.807) is 18.2 Å². The van der Waals surface area contributed by atoms with E-state index in [9.17, 15) is 22.0 Å². The molecule has 4 aliphatic rings. The molecule has 0 radical (unpaired) electrons. The first kappa shape index (κ1) is 24.9. The SMILES string of the molecule is COc1cc(N2CC3(C2)CN(c2nnc4n2-c2ccc(Cl)cc2CN(C2(C(F)(F)F)CC2)C4)C3)c(F)cc1F. The van der Waals surface area contributed by atoms with Crippen LogP contribution in [0.3, 0.4) is 0 Å². The highest BCUT2D eigenvalue weighted by Gasteiger charge is 2.67. The summed E-state index contributed by atoms with van der Waals surface area (Å²) in [5.74, 6) is -0.405. The quantitative estimate of drug-likeness (QED) is 0.417. The molecule has 3 aromatic rings. The highest BCUT2D eigenvalue weighted by molar-refractivity contribution is 6.30. The van der Waals surface area contributed by atoms with Gasteiger partial charge in [0.15, 0.2) is 17.4 Å². The van der Waals surface area contributed by atoms with Gasteiger partial charge < -0.3 is 14.5 Å². The molecule has 4 heterocycles. The fraction of sp³-hybridized carbons (Fsp3) is 0.462. The smallest absolute Gasteiger partial charge is 0.406 e. The van der Waals surface area contributed by atoms with Gasteiger partial charge in [-0.1, -0.05) is 11.6 Å². The molecule has 0 atom stereocenters. The molecule has 0 N–H and O–H groups in total. The average molecular weight is 567 g/mol. The van der Waals surface area contributed by atoms with Crippen molar-refractivity contribution in [3.8, 4) is 11.4 Å². The van der Waals surface area contributed by atoms with Gasteiger partial charge in [0.2, 0.25) is 5.95 Å². The summed E-state index contributed by atoms with van der Waals surface area (Å²) in [6, 6.07) is 7.42. The van der Waals surface area contributed by atoms with Crippen molar-refractivity contribution in [3.63, 3.8) is 0 Å². The third-order valence-corrected chi connectivity index (χ3v) is 8.73. The zero-order valence-corrected chi connectivity index (χ0v) is 21.7. The van der Waals surface area contributed by atoms with Crippen LogP contribution in [0.4, 0.5) is 33.6 Å². The second-order valence-electron chi connectivity index (χ2n) is 11.1. The van der Waals surface area contributed by atoms with E-state index >= 15 is 0 Å². The van der Waals surface area contributed by atoms with E-state index in [0.717, 1.165) is 6.07 Å². The van der Waals surface area contributed by atoms with Crippen LogP contribution < -0.4 is 14.5 Å². The van der Waals surface area contributed by atoms with Crippen LogP contribution in [0, 0.1) is 17.0 Å². The Morgan fingerprint density at radius 1 is 0.897 bits per heavy atom. The summed E-state index contributed by atoms with van der Waals surface area (Å²) in [5, 5.41) is 9.17. The number of ether oxygens (including phenoxy) is 1. The number of halogens is 6.